The number of nitrogens with zero attached hydrogens (tertiary/aromatic N) is 1. The summed E-state index contributed by atoms with van der Waals surface area (Å²) in [4.78, 5) is 55.6. The quantitative estimate of drug-likeness (QED) is 0.169. The van der Waals surface area contributed by atoms with Gasteiger partial charge in [-0.15, -0.1) is 0 Å². The first-order valence-corrected chi connectivity index (χ1v) is 13.0. The van der Waals surface area contributed by atoms with Gasteiger partial charge >= 0.3 is 5.97 Å². The van der Waals surface area contributed by atoms with Gasteiger partial charge < -0.3 is 42.2 Å². The number of nitrogens with one attached hydrogen (secondary N) is 3. The van der Waals surface area contributed by atoms with Gasteiger partial charge in [0.1, 0.15) is 24.2 Å². The van der Waals surface area contributed by atoms with Gasteiger partial charge in [0.15, 0.2) is 0 Å². The number of fused-ring (bicyclic) bond motifs is 1. The summed E-state index contributed by atoms with van der Waals surface area (Å²) < 4.78 is 0. The molecule has 0 bridgehead atoms. The molecular formula is C26H38N6O6. The van der Waals surface area contributed by atoms with Gasteiger partial charge in [-0.2, -0.15) is 0 Å². The maximum atomic E-state index is 13.2. The molecular weight excluding hydrogens is 492 g/mol. The minimum Gasteiger partial charge on any atom is -0.480 e. The normalized spacial score (nSPS) is 18.5. The molecule has 2 heterocycles. The first-order chi connectivity index (χ1) is 18.1. The van der Waals surface area contributed by atoms with Gasteiger partial charge in [-0.25, -0.2) is 4.79 Å². The van der Waals surface area contributed by atoms with Crippen molar-refractivity contribution in [1.82, 2.24) is 20.5 Å². The summed E-state index contributed by atoms with van der Waals surface area (Å²) in [6.45, 7) is 2.12. The van der Waals surface area contributed by atoms with Crippen LogP contribution in [0, 0.1) is 0 Å². The van der Waals surface area contributed by atoms with E-state index in [2.05, 4.69) is 15.6 Å². The average molecular weight is 531 g/mol. The molecule has 1 aliphatic heterocycles. The average Bonchev–Trinajstić information content (AvgIpc) is 3.54. The minimum absolute atomic E-state index is 0.0523. The van der Waals surface area contributed by atoms with Crippen molar-refractivity contribution < 1.29 is 29.4 Å². The monoisotopic (exact) mass is 530 g/mol. The van der Waals surface area contributed by atoms with Gasteiger partial charge in [0.2, 0.25) is 17.7 Å². The van der Waals surface area contributed by atoms with Crippen LogP contribution in [0.4, 0.5) is 0 Å². The summed E-state index contributed by atoms with van der Waals surface area (Å²) in [6.07, 6.45) is 3.07. The molecule has 12 heteroatoms. The molecule has 0 saturated carbocycles. The lowest BCUT2D eigenvalue weighted by Crippen LogP contribution is -2.57. The molecule has 0 radical (unpaired) electrons. The number of aromatic amines is 1. The number of para-hydroxylation sites is 1. The number of carboxylic acid groups (broad SMARTS) is 1. The van der Waals surface area contributed by atoms with Gasteiger partial charge in [-0.05, 0) is 57.2 Å². The van der Waals surface area contributed by atoms with Crippen LogP contribution in [0.5, 0.6) is 0 Å². The van der Waals surface area contributed by atoms with Gasteiger partial charge in [0.05, 0.1) is 6.10 Å². The molecule has 5 atom stereocenters. The van der Waals surface area contributed by atoms with Crippen molar-refractivity contribution in [2.75, 3.05) is 13.1 Å². The zero-order chi connectivity index (χ0) is 27.8. The van der Waals surface area contributed by atoms with Crippen molar-refractivity contribution >= 4 is 34.6 Å². The molecule has 2 aromatic rings. The Balaban J connectivity index is 1.72. The van der Waals surface area contributed by atoms with Crippen LogP contribution in [-0.2, 0) is 25.6 Å². The number of aliphatic hydroxyl groups excluding tert-OH is 1. The van der Waals surface area contributed by atoms with Crippen molar-refractivity contribution in [2.24, 2.45) is 11.5 Å². The summed E-state index contributed by atoms with van der Waals surface area (Å²) >= 11 is 0. The first-order valence-electron chi connectivity index (χ1n) is 13.0. The number of carbonyl (C=O) groups excluding carboxylic acids is 3. The van der Waals surface area contributed by atoms with E-state index >= 15 is 0 Å². The Bertz CT molecular complexity index is 1130. The number of aliphatic carboxylic acids is 1. The van der Waals surface area contributed by atoms with Crippen molar-refractivity contribution in [3.8, 4) is 0 Å². The molecule has 38 heavy (non-hydrogen) atoms. The van der Waals surface area contributed by atoms with Crippen LogP contribution in [0.25, 0.3) is 10.9 Å². The minimum atomic E-state index is -1.22. The number of rotatable bonds is 13. The second-order valence-electron chi connectivity index (χ2n) is 9.76. The molecule has 1 aromatic carbocycles. The lowest BCUT2D eigenvalue weighted by atomic mass is 10.0. The standard InChI is InChI=1S/C26H38N6O6/c1-15(33)22(28)25(36)32-12-6-10-21(32)24(35)30-19(9-4-5-11-27)23(34)31-20(26(37)38)13-16-14-29-18-8-3-2-7-17(16)18/h2-3,7-8,14-15,19-22,29,33H,4-6,9-13,27-28H2,1H3,(H,30,35)(H,31,34)(H,37,38). The number of likely N-dealkylation sites (tertiary alicyclic amines) is 1. The van der Waals surface area contributed by atoms with Gasteiger partial charge in [0, 0.05) is 30.1 Å². The lowest BCUT2D eigenvalue weighted by molar-refractivity contribution is -0.143. The van der Waals surface area contributed by atoms with Crippen LogP contribution in [0.3, 0.4) is 0 Å². The number of unbranched alkanes of at least 4 members (excludes halogenated alkanes) is 1. The van der Waals surface area contributed by atoms with Crippen LogP contribution in [0.1, 0.15) is 44.6 Å². The third-order valence-corrected chi connectivity index (χ3v) is 6.94. The zero-order valence-electron chi connectivity index (χ0n) is 21.6. The second kappa shape index (κ2) is 13.4. The maximum Gasteiger partial charge on any atom is 0.326 e. The Labute approximate surface area is 221 Å². The van der Waals surface area contributed by atoms with Crippen molar-refractivity contribution in [2.45, 2.75) is 75.7 Å². The summed E-state index contributed by atoms with van der Waals surface area (Å²) in [5.74, 6) is -2.88. The van der Waals surface area contributed by atoms with Crippen molar-refractivity contribution in [3.05, 3.63) is 36.0 Å². The van der Waals surface area contributed by atoms with Crippen molar-refractivity contribution in [1.29, 1.82) is 0 Å². The summed E-state index contributed by atoms with van der Waals surface area (Å²) in [5.41, 5.74) is 13.0. The number of carboxylic acids is 1. The molecule has 1 aromatic heterocycles. The largest absolute Gasteiger partial charge is 0.480 e. The highest BCUT2D eigenvalue weighted by Gasteiger charge is 2.38. The Morgan fingerprint density at radius 2 is 1.89 bits per heavy atom. The van der Waals surface area contributed by atoms with E-state index in [1.165, 1.54) is 11.8 Å². The number of H-pyrrole nitrogens is 1. The molecule has 1 saturated heterocycles. The van der Waals surface area contributed by atoms with E-state index in [0.29, 0.717) is 38.8 Å². The number of nitrogens with two attached hydrogens (primary N) is 2. The Hall–Kier alpha value is -3.48. The van der Waals surface area contributed by atoms with E-state index < -0.39 is 54.0 Å². The molecule has 3 rings (SSSR count). The topological polar surface area (TPSA) is 204 Å². The predicted molar refractivity (Wildman–Crippen MR) is 141 cm³/mol. The van der Waals surface area contributed by atoms with Crippen molar-refractivity contribution in [3.63, 3.8) is 0 Å². The highest BCUT2D eigenvalue weighted by molar-refractivity contribution is 5.94. The lowest BCUT2D eigenvalue weighted by Gasteiger charge is -2.29. The van der Waals surface area contributed by atoms with Crippen LogP contribution >= 0.6 is 0 Å². The SMILES string of the molecule is CC(O)C(N)C(=O)N1CCCC1C(=O)NC(CCCCN)C(=O)NC(Cc1c[nH]c2ccccc12)C(=O)O. The third kappa shape index (κ3) is 7.09. The third-order valence-electron chi connectivity index (χ3n) is 6.94. The number of amides is 3. The number of aliphatic hydroxyl groups is 1. The molecule has 12 nitrogen and oxygen atoms in total. The van der Waals surface area contributed by atoms with Crippen LogP contribution in [0.2, 0.25) is 0 Å². The van der Waals surface area contributed by atoms with E-state index in [0.717, 1.165) is 16.5 Å². The Morgan fingerprint density at radius 1 is 1.16 bits per heavy atom. The fraction of sp³-hybridized carbons (Fsp3) is 0.538. The fourth-order valence-electron chi connectivity index (χ4n) is 4.72. The van der Waals surface area contributed by atoms with E-state index in [1.807, 2.05) is 24.3 Å². The number of benzene rings is 1. The predicted octanol–water partition coefficient (Wildman–Crippen LogP) is -0.407. The highest BCUT2D eigenvalue weighted by Crippen LogP contribution is 2.21. The molecule has 3 amide bonds. The molecule has 5 unspecified atom stereocenters. The Morgan fingerprint density at radius 3 is 2.58 bits per heavy atom. The van der Waals surface area contributed by atoms with Gasteiger partial charge in [-0.1, -0.05) is 18.2 Å². The molecule has 0 aliphatic carbocycles. The summed E-state index contributed by atoms with van der Waals surface area (Å²) in [7, 11) is 0. The number of hydrogen-bond donors (Lipinski definition) is 7. The molecule has 0 spiro atoms. The molecule has 1 aliphatic rings. The highest BCUT2D eigenvalue weighted by atomic mass is 16.4. The van der Waals surface area contributed by atoms with Crippen LogP contribution in [-0.4, -0.2) is 87.1 Å². The van der Waals surface area contributed by atoms with E-state index in [1.54, 1.807) is 6.20 Å². The summed E-state index contributed by atoms with van der Waals surface area (Å²) in [6, 6.07) is 3.24. The Kier molecular flexibility index (Phi) is 10.2. The molecule has 9 N–H and O–H groups in total. The van der Waals surface area contributed by atoms with E-state index in [-0.39, 0.29) is 12.8 Å². The molecule has 208 valence electrons. The maximum absolute atomic E-state index is 13.2. The fourth-order valence-corrected chi connectivity index (χ4v) is 4.72. The van der Waals surface area contributed by atoms with Gasteiger partial charge in [0.25, 0.3) is 0 Å². The first kappa shape index (κ1) is 29.1. The smallest absolute Gasteiger partial charge is 0.326 e. The van der Waals surface area contributed by atoms with E-state index in [4.69, 9.17) is 11.5 Å². The van der Waals surface area contributed by atoms with E-state index in [9.17, 15) is 29.4 Å². The second-order valence-corrected chi connectivity index (χ2v) is 9.76. The number of hydrogen-bond acceptors (Lipinski definition) is 7. The zero-order valence-corrected chi connectivity index (χ0v) is 21.6. The summed E-state index contributed by atoms with van der Waals surface area (Å²) in [5, 5.41) is 25.7. The van der Waals surface area contributed by atoms with Crippen LogP contribution in [0.15, 0.2) is 30.5 Å². The van der Waals surface area contributed by atoms with Crippen LogP contribution < -0.4 is 22.1 Å². The van der Waals surface area contributed by atoms with Gasteiger partial charge in [-0.3, -0.25) is 14.4 Å². The number of aromatic nitrogens is 1. The molecule has 1 fully saturated rings. The number of carbonyl (C=O) groups is 4.